The van der Waals surface area contributed by atoms with Crippen molar-refractivity contribution in [2.45, 2.75) is 6.92 Å². The summed E-state index contributed by atoms with van der Waals surface area (Å²) in [6, 6.07) is 19.4. The van der Waals surface area contributed by atoms with E-state index in [2.05, 4.69) is 10.3 Å². The van der Waals surface area contributed by atoms with Crippen LogP contribution in [0.25, 0.3) is 6.08 Å². The average molecular weight is 475 g/mol. The highest BCUT2D eigenvalue weighted by atomic mass is 32.2. The zero-order valence-electron chi connectivity index (χ0n) is 18.8. The van der Waals surface area contributed by atoms with Gasteiger partial charge in [-0.05, 0) is 78.9 Å². The highest BCUT2D eigenvalue weighted by Gasteiger charge is 2.24. The first-order valence-corrected chi connectivity index (χ1v) is 11.2. The molecule has 0 spiro atoms. The number of carbonyl (C=O) groups excluding carboxylic acids is 2. The van der Waals surface area contributed by atoms with Crippen LogP contribution in [0.2, 0.25) is 0 Å². The third kappa shape index (κ3) is 5.47. The molecule has 0 bridgehead atoms. The van der Waals surface area contributed by atoms with Crippen molar-refractivity contribution in [3.05, 3.63) is 88.3 Å². The van der Waals surface area contributed by atoms with Crippen LogP contribution >= 0.6 is 11.8 Å². The first-order chi connectivity index (χ1) is 16.4. The summed E-state index contributed by atoms with van der Waals surface area (Å²) in [5.41, 5.74) is 3.00. The second-order valence-electron chi connectivity index (χ2n) is 7.35. The van der Waals surface area contributed by atoms with Gasteiger partial charge < -0.3 is 19.5 Å². The number of hydrogen-bond donors (Lipinski definition) is 1. The Balaban J connectivity index is 1.50. The van der Waals surface area contributed by atoms with Crippen LogP contribution in [0.1, 0.15) is 21.5 Å². The van der Waals surface area contributed by atoms with E-state index in [1.165, 1.54) is 18.9 Å². The van der Waals surface area contributed by atoms with Gasteiger partial charge in [0, 0.05) is 0 Å². The lowest BCUT2D eigenvalue weighted by Gasteiger charge is -2.10. The number of methoxy groups -OCH3 is 2. The van der Waals surface area contributed by atoms with Gasteiger partial charge in [0.25, 0.3) is 5.91 Å². The summed E-state index contributed by atoms with van der Waals surface area (Å²) in [4.78, 5) is 29.9. The smallest absolute Gasteiger partial charge is 0.343 e. The number of benzene rings is 3. The Bertz CT molecular complexity index is 1280. The van der Waals surface area contributed by atoms with Gasteiger partial charge in [0.2, 0.25) is 0 Å². The fourth-order valence-electron chi connectivity index (χ4n) is 3.11. The van der Waals surface area contributed by atoms with Crippen molar-refractivity contribution < 1.29 is 23.8 Å². The standard InChI is InChI=1S/C26H22N2O5S/c1-16-4-9-19(10-5-16)27-26-28-24(29)23(34-26)15-17-6-13-21(22(14-17)32-3)33-25(30)18-7-11-20(31-2)12-8-18/h4-15H,1-3H3,(H,27,28,29)/b23-15-. The Morgan fingerprint density at radius 1 is 0.941 bits per heavy atom. The van der Waals surface area contributed by atoms with Gasteiger partial charge in [-0.25, -0.2) is 9.79 Å². The number of nitrogens with one attached hydrogen (secondary N) is 1. The number of thioether (sulfide) groups is 1. The molecule has 0 aliphatic carbocycles. The van der Waals surface area contributed by atoms with Gasteiger partial charge in [-0.3, -0.25) is 4.79 Å². The molecule has 0 saturated carbocycles. The number of esters is 1. The Kier molecular flexibility index (Phi) is 6.98. The molecule has 3 aromatic rings. The Hall–Kier alpha value is -4.04. The summed E-state index contributed by atoms with van der Waals surface area (Å²) >= 11 is 1.26. The van der Waals surface area contributed by atoms with E-state index in [1.54, 1.807) is 55.7 Å². The SMILES string of the molecule is COc1ccc(C(=O)Oc2ccc(/C=C3\SC(=Nc4ccc(C)cc4)NC3=O)cc2OC)cc1. The van der Waals surface area contributed by atoms with Crippen LogP contribution in [0, 0.1) is 6.92 Å². The molecule has 1 amide bonds. The molecule has 34 heavy (non-hydrogen) atoms. The second kappa shape index (κ2) is 10.3. The molecule has 0 unspecified atom stereocenters. The molecule has 0 radical (unpaired) electrons. The van der Waals surface area contributed by atoms with E-state index in [9.17, 15) is 9.59 Å². The van der Waals surface area contributed by atoms with Crippen molar-refractivity contribution in [3.63, 3.8) is 0 Å². The number of rotatable bonds is 6. The van der Waals surface area contributed by atoms with Crippen LogP contribution in [0.3, 0.4) is 0 Å². The fourth-order valence-corrected chi connectivity index (χ4v) is 3.95. The van der Waals surface area contributed by atoms with Gasteiger partial charge in [-0.1, -0.05) is 23.8 Å². The van der Waals surface area contributed by atoms with Crippen LogP contribution in [0.4, 0.5) is 5.69 Å². The molecule has 7 nitrogen and oxygen atoms in total. The van der Waals surface area contributed by atoms with E-state index in [4.69, 9.17) is 14.2 Å². The summed E-state index contributed by atoms with van der Waals surface area (Å²) in [7, 11) is 3.04. The maximum Gasteiger partial charge on any atom is 0.343 e. The number of hydrogen-bond acceptors (Lipinski definition) is 7. The van der Waals surface area contributed by atoms with Crippen LogP contribution in [-0.4, -0.2) is 31.3 Å². The molecule has 8 heteroatoms. The molecule has 4 rings (SSSR count). The van der Waals surface area contributed by atoms with E-state index >= 15 is 0 Å². The molecule has 1 N–H and O–H groups in total. The van der Waals surface area contributed by atoms with Crippen LogP contribution in [0.15, 0.2) is 76.6 Å². The molecule has 172 valence electrons. The minimum atomic E-state index is -0.519. The van der Waals surface area contributed by atoms with Gasteiger partial charge in [0.15, 0.2) is 16.7 Å². The average Bonchev–Trinajstić information content (AvgIpc) is 3.19. The summed E-state index contributed by atoms with van der Waals surface area (Å²) in [5, 5.41) is 3.29. The van der Waals surface area contributed by atoms with Gasteiger partial charge >= 0.3 is 5.97 Å². The van der Waals surface area contributed by atoms with Crippen molar-refractivity contribution in [2.75, 3.05) is 14.2 Å². The predicted octanol–water partition coefficient (Wildman–Crippen LogP) is 5.12. The lowest BCUT2D eigenvalue weighted by atomic mass is 10.1. The van der Waals surface area contributed by atoms with Gasteiger partial charge in [-0.15, -0.1) is 0 Å². The monoisotopic (exact) mass is 474 g/mol. The van der Waals surface area contributed by atoms with Crippen molar-refractivity contribution in [1.82, 2.24) is 5.32 Å². The first-order valence-electron chi connectivity index (χ1n) is 10.4. The maximum atomic E-state index is 12.5. The van der Waals surface area contributed by atoms with Crippen LogP contribution in [-0.2, 0) is 4.79 Å². The van der Waals surface area contributed by atoms with E-state index < -0.39 is 5.97 Å². The predicted molar refractivity (Wildman–Crippen MR) is 133 cm³/mol. The van der Waals surface area contributed by atoms with Crippen molar-refractivity contribution >= 4 is 40.6 Å². The first kappa shape index (κ1) is 23.1. The Morgan fingerprint density at radius 3 is 2.35 bits per heavy atom. The Labute approximate surface area is 201 Å². The zero-order valence-corrected chi connectivity index (χ0v) is 19.6. The van der Waals surface area contributed by atoms with Crippen molar-refractivity contribution in [3.8, 4) is 17.2 Å². The summed E-state index contributed by atoms with van der Waals surface area (Å²) in [5.74, 6) is 0.538. The molecule has 1 saturated heterocycles. The van der Waals surface area contributed by atoms with Gasteiger partial charge in [0.1, 0.15) is 5.75 Å². The zero-order chi connectivity index (χ0) is 24.1. The largest absolute Gasteiger partial charge is 0.497 e. The molecule has 0 atom stereocenters. The number of nitrogens with zero attached hydrogens (tertiary/aromatic N) is 1. The number of amides is 1. The van der Waals surface area contributed by atoms with Crippen molar-refractivity contribution in [2.24, 2.45) is 4.99 Å². The van der Waals surface area contributed by atoms with E-state index in [0.29, 0.717) is 27.1 Å². The van der Waals surface area contributed by atoms with Crippen molar-refractivity contribution in [1.29, 1.82) is 0 Å². The maximum absolute atomic E-state index is 12.5. The topological polar surface area (TPSA) is 86.2 Å². The van der Waals surface area contributed by atoms with E-state index in [0.717, 1.165) is 16.8 Å². The molecule has 1 fully saturated rings. The molecule has 3 aromatic carbocycles. The normalized spacial score (nSPS) is 15.3. The number of carbonyl (C=O) groups is 2. The van der Waals surface area contributed by atoms with Gasteiger partial charge in [0.05, 0.1) is 30.4 Å². The molecule has 0 aromatic heterocycles. The molecular formula is C26H22N2O5S. The number of ether oxygens (including phenoxy) is 3. The molecule has 1 aliphatic heterocycles. The summed E-state index contributed by atoms with van der Waals surface area (Å²) in [6.07, 6.45) is 1.73. The lowest BCUT2D eigenvalue weighted by molar-refractivity contribution is -0.115. The third-order valence-corrected chi connectivity index (χ3v) is 5.84. The highest BCUT2D eigenvalue weighted by molar-refractivity contribution is 8.18. The minimum Gasteiger partial charge on any atom is -0.497 e. The summed E-state index contributed by atoms with van der Waals surface area (Å²) < 4.78 is 16.0. The number of aryl methyl sites for hydroxylation is 1. The minimum absolute atomic E-state index is 0.232. The van der Waals surface area contributed by atoms with E-state index in [1.807, 2.05) is 31.2 Å². The highest BCUT2D eigenvalue weighted by Crippen LogP contribution is 2.33. The van der Waals surface area contributed by atoms with E-state index in [-0.39, 0.29) is 11.7 Å². The van der Waals surface area contributed by atoms with Crippen LogP contribution in [0.5, 0.6) is 17.2 Å². The molecule has 1 heterocycles. The third-order valence-electron chi connectivity index (χ3n) is 4.93. The molecule has 1 aliphatic rings. The molecular weight excluding hydrogens is 452 g/mol. The quantitative estimate of drug-likeness (QED) is 0.303. The lowest BCUT2D eigenvalue weighted by Crippen LogP contribution is -2.19. The summed E-state index contributed by atoms with van der Waals surface area (Å²) in [6.45, 7) is 2.00. The van der Waals surface area contributed by atoms with Gasteiger partial charge in [-0.2, -0.15) is 0 Å². The Morgan fingerprint density at radius 2 is 1.68 bits per heavy atom. The number of aliphatic imine (C=N–C) groups is 1. The number of amidine groups is 1. The fraction of sp³-hybridized carbons (Fsp3) is 0.115. The second-order valence-corrected chi connectivity index (χ2v) is 8.38. The van der Waals surface area contributed by atoms with Crippen LogP contribution < -0.4 is 19.5 Å².